The average molecular weight is 278 g/mol. The molecule has 1 aromatic rings. The number of hydrogen-bond acceptors (Lipinski definition) is 3. The summed E-state index contributed by atoms with van der Waals surface area (Å²) in [6.07, 6.45) is 0.455. The number of benzene rings is 1. The fourth-order valence-electron chi connectivity index (χ4n) is 1.58. The Labute approximate surface area is 117 Å². The highest BCUT2D eigenvalue weighted by Gasteiger charge is 2.09. The van der Waals surface area contributed by atoms with E-state index in [1.165, 1.54) is 11.8 Å². The van der Waals surface area contributed by atoms with Crippen molar-refractivity contribution in [2.24, 2.45) is 0 Å². The van der Waals surface area contributed by atoms with Gasteiger partial charge in [0.05, 0.1) is 6.54 Å². The average Bonchev–Trinajstić information content (AvgIpc) is 2.36. The fraction of sp³-hybridized carbons (Fsp3) is 0.357. The third-order valence-electron chi connectivity index (χ3n) is 2.76. The molecule has 6 nitrogen and oxygen atoms in total. The Morgan fingerprint density at radius 2 is 2.00 bits per heavy atom. The fourth-order valence-corrected chi connectivity index (χ4v) is 1.58. The van der Waals surface area contributed by atoms with E-state index in [4.69, 9.17) is 5.11 Å². The number of amides is 2. The number of carboxylic acid groups (broad SMARTS) is 1. The second-order valence-corrected chi connectivity index (χ2v) is 4.52. The largest absolute Gasteiger partial charge is 0.481 e. The van der Waals surface area contributed by atoms with E-state index in [9.17, 15) is 14.4 Å². The number of anilines is 1. The molecular weight excluding hydrogens is 260 g/mol. The molecule has 108 valence electrons. The molecule has 6 heteroatoms. The van der Waals surface area contributed by atoms with Crippen LogP contribution in [0, 0.1) is 0 Å². The molecule has 0 radical (unpaired) electrons. The predicted molar refractivity (Wildman–Crippen MR) is 74.3 cm³/mol. The zero-order valence-electron chi connectivity index (χ0n) is 11.5. The van der Waals surface area contributed by atoms with Crippen LogP contribution in [0.25, 0.3) is 0 Å². The number of carbonyl (C=O) groups is 3. The van der Waals surface area contributed by atoms with E-state index >= 15 is 0 Å². The maximum absolute atomic E-state index is 11.7. The summed E-state index contributed by atoms with van der Waals surface area (Å²) in [5.41, 5.74) is 1.43. The molecule has 0 aliphatic rings. The first-order chi connectivity index (χ1) is 9.38. The predicted octanol–water partition coefficient (Wildman–Crippen LogP) is 1.12. The topological polar surface area (TPSA) is 86.7 Å². The number of nitrogens with zero attached hydrogens (tertiary/aromatic N) is 1. The molecule has 0 aromatic heterocycles. The first-order valence-corrected chi connectivity index (χ1v) is 6.21. The molecule has 20 heavy (non-hydrogen) atoms. The van der Waals surface area contributed by atoms with Crippen LogP contribution in [0.5, 0.6) is 0 Å². The van der Waals surface area contributed by atoms with E-state index in [0.717, 1.165) is 5.56 Å². The minimum absolute atomic E-state index is 0.0192. The highest BCUT2D eigenvalue weighted by Crippen LogP contribution is 2.12. The van der Waals surface area contributed by atoms with Crippen LogP contribution in [0.2, 0.25) is 0 Å². The van der Waals surface area contributed by atoms with E-state index in [2.05, 4.69) is 5.32 Å². The summed E-state index contributed by atoms with van der Waals surface area (Å²) in [5, 5.41) is 11.3. The molecular formula is C14H18N2O4. The lowest BCUT2D eigenvalue weighted by atomic mass is 10.1. The van der Waals surface area contributed by atoms with Crippen molar-refractivity contribution >= 4 is 23.5 Å². The summed E-state index contributed by atoms with van der Waals surface area (Å²) in [6.45, 7) is 1.37. The quantitative estimate of drug-likeness (QED) is 0.816. The second-order valence-electron chi connectivity index (χ2n) is 4.52. The van der Waals surface area contributed by atoms with Crippen molar-refractivity contribution in [3.63, 3.8) is 0 Å². The van der Waals surface area contributed by atoms with Gasteiger partial charge in [-0.2, -0.15) is 0 Å². The van der Waals surface area contributed by atoms with Crippen LogP contribution < -0.4 is 5.32 Å². The Kier molecular flexibility index (Phi) is 5.71. The van der Waals surface area contributed by atoms with Gasteiger partial charge in [0.2, 0.25) is 11.8 Å². The van der Waals surface area contributed by atoms with Gasteiger partial charge >= 0.3 is 5.97 Å². The van der Waals surface area contributed by atoms with Gasteiger partial charge in [0, 0.05) is 26.1 Å². The molecule has 0 atom stereocenters. The molecule has 0 fully saturated rings. The summed E-state index contributed by atoms with van der Waals surface area (Å²) in [7, 11) is 1.55. The van der Waals surface area contributed by atoms with Crippen molar-refractivity contribution in [1.82, 2.24) is 4.90 Å². The molecule has 1 rings (SSSR count). The molecule has 0 aliphatic carbocycles. The SMILES string of the molecule is CC(=O)N(C)CC(=O)Nc1cccc(CCC(=O)O)c1. The van der Waals surface area contributed by atoms with Crippen LogP contribution in [0.15, 0.2) is 24.3 Å². The van der Waals surface area contributed by atoms with Crippen molar-refractivity contribution in [2.45, 2.75) is 19.8 Å². The number of rotatable bonds is 6. The summed E-state index contributed by atoms with van der Waals surface area (Å²) in [5.74, 6) is -1.34. The van der Waals surface area contributed by atoms with Crippen LogP contribution in [0.3, 0.4) is 0 Å². The molecule has 2 amide bonds. The standard InChI is InChI=1S/C14H18N2O4/c1-10(17)16(2)9-13(18)15-12-5-3-4-11(8-12)6-7-14(19)20/h3-5,8H,6-7,9H2,1-2H3,(H,15,18)(H,19,20). The molecule has 0 saturated carbocycles. The molecule has 0 unspecified atom stereocenters. The van der Waals surface area contributed by atoms with E-state index < -0.39 is 5.97 Å². The molecule has 0 aliphatic heterocycles. The summed E-state index contributed by atoms with van der Waals surface area (Å²) >= 11 is 0. The third-order valence-corrected chi connectivity index (χ3v) is 2.76. The first-order valence-electron chi connectivity index (χ1n) is 6.21. The lowest BCUT2D eigenvalue weighted by Gasteiger charge is -2.14. The zero-order chi connectivity index (χ0) is 15.1. The summed E-state index contributed by atoms with van der Waals surface area (Å²) < 4.78 is 0. The molecule has 0 bridgehead atoms. The van der Waals surface area contributed by atoms with E-state index in [1.54, 1.807) is 31.3 Å². The monoisotopic (exact) mass is 278 g/mol. The van der Waals surface area contributed by atoms with Crippen LogP contribution >= 0.6 is 0 Å². The summed E-state index contributed by atoms with van der Waals surface area (Å²) in [6, 6.07) is 7.01. The van der Waals surface area contributed by atoms with Crippen molar-refractivity contribution in [1.29, 1.82) is 0 Å². The van der Waals surface area contributed by atoms with Crippen molar-refractivity contribution in [3.8, 4) is 0 Å². The maximum Gasteiger partial charge on any atom is 0.303 e. The van der Waals surface area contributed by atoms with E-state index in [-0.39, 0.29) is 24.8 Å². The van der Waals surface area contributed by atoms with Crippen LogP contribution in [0.4, 0.5) is 5.69 Å². The number of likely N-dealkylation sites (N-methyl/N-ethyl adjacent to an activating group) is 1. The van der Waals surface area contributed by atoms with Gasteiger partial charge in [0.25, 0.3) is 0 Å². The van der Waals surface area contributed by atoms with Crippen LogP contribution in [-0.4, -0.2) is 41.4 Å². The number of carbonyl (C=O) groups excluding carboxylic acids is 2. The molecule has 1 aromatic carbocycles. The normalized spacial score (nSPS) is 9.90. The number of hydrogen-bond donors (Lipinski definition) is 2. The number of carboxylic acids is 1. The van der Waals surface area contributed by atoms with Crippen LogP contribution in [-0.2, 0) is 20.8 Å². The number of aryl methyl sites for hydroxylation is 1. The number of nitrogens with one attached hydrogen (secondary N) is 1. The Balaban J connectivity index is 2.59. The lowest BCUT2D eigenvalue weighted by molar-refractivity contribution is -0.137. The highest BCUT2D eigenvalue weighted by atomic mass is 16.4. The molecule has 2 N–H and O–H groups in total. The van der Waals surface area contributed by atoms with Gasteiger partial charge < -0.3 is 15.3 Å². The lowest BCUT2D eigenvalue weighted by Crippen LogP contribution is -2.33. The molecule has 0 heterocycles. The third kappa shape index (κ3) is 5.51. The molecule has 0 saturated heterocycles. The van der Waals surface area contributed by atoms with Gasteiger partial charge in [-0.15, -0.1) is 0 Å². The first kappa shape index (κ1) is 15.7. The van der Waals surface area contributed by atoms with E-state index in [1.807, 2.05) is 0 Å². The minimum Gasteiger partial charge on any atom is -0.481 e. The Morgan fingerprint density at radius 1 is 1.30 bits per heavy atom. The van der Waals surface area contributed by atoms with Crippen molar-refractivity contribution in [3.05, 3.63) is 29.8 Å². The maximum atomic E-state index is 11.7. The second kappa shape index (κ2) is 7.28. The Bertz CT molecular complexity index is 514. The Hall–Kier alpha value is -2.37. The van der Waals surface area contributed by atoms with Gasteiger partial charge in [-0.05, 0) is 24.1 Å². The van der Waals surface area contributed by atoms with Crippen molar-refractivity contribution in [2.75, 3.05) is 18.9 Å². The van der Waals surface area contributed by atoms with Gasteiger partial charge in [-0.25, -0.2) is 0 Å². The smallest absolute Gasteiger partial charge is 0.303 e. The number of aliphatic carboxylic acids is 1. The zero-order valence-corrected chi connectivity index (χ0v) is 11.5. The Morgan fingerprint density at radius 3 is 2.60 bits per heavy atom. The van der Waals surface area contributed by atoms with Gasteiger partial charge in [-0.3, -0.25) is 14.4 Å². The van der Waals surface area contributed by atoms with Gasteiger partial charge in [0.1, 0.15) is 0 Å². The highest BCUT2D eigenvalue weighted by molar-refractivity contribution is 5.94. The van der Waals surface area contributed by atoms with Gasteiger partial charge in [0.15, 0.2) is 0 Å². The van der Waals surface area contributed by atoms with Gasteiger partial charge in [-0.1, -0.05) is 12.1 Å². The molecule has 0 spiro atoms. The van der Waals surface area contributed by atoms with E-state index in [0.29, 0.717) is 12.1 Å². The summed E-state index contributed by atoms with van der Waals surface area (Å²) in [4.78, 5) is 34.6. The van der Waals surface area contributed by atoms with Crippen molar-refractivity contribution < 1.29 is 19.5 Å². The minimum atomic E-state index is -0.859. The van der Waals surface area contributed by atoms with Crippen LogP contribution in [0.1, 0.15) is 18.9 Å².